The summed E-state index contributed by atoms with van der Waals surface area (Å²) in [6.07, 6.45) is 1.38. The zero-order chi connectivity index (χ0) is 21.2. The van der Waals surface area contributed by atoms with Gasteiger partial charge in [-0.05, 0) is 66.4 Å². The number of aliphatic imine (C=N–C) groups is 1. The van der Waals surface area contributed by atoms with Crippen molar-refractivity contribution in [3.63, 3.8) is 0 Å². The van der Waals surface area contributed by atoms with Gasteiger partial charge in [-0.3, -0.25) is 9.89 Å². The second-order valence-corrected chi connectivity index (χ2v) is 8.24. The summed E-state index contributed by atoms with van der Waals surface area (Å²) in [4.78, 5) is 6.99. The van der Waals surface area contributed by atoms with Crippen molar-refractivity contribution in [3.8, 4) is 5.75 Å². The standard InChI is InChI=1S/C22H31FN4O2S.HI/c1-2-24-22(25-13-20(28)15-29-21-5-3-18(23)4-6-21)26-19-7-10-27(11-8-19)14-17-9-12-30-16-17;/h3-6,9,12,16,19-20,28H,2,7-8,10-11,13-15H2,1H3,(H2,24,25,26);1H. The lowest BCUT2D eigenvalue weighted by Gasteiger charge is -2.33. The first kappa shape index (κ1) is 25.8. The molecular weight excluding hydrogens is 530 g/mol. The average molecular weight is 562 g/mol. The second kappa shape index (κ2) is 13.9. The number of likely N-dealkylation sites (tertiary alicyclic amines) is 1. The molecule has 0 spiro atoms. The van der Waals surface area contributed by atoms with Gasteiger partial charge in [0.2, 0.25) is 0 Å². The molecule has 0 amide bonds. The van der Waals surface area contributed by atoms with Crippen LogP contribution in [0.4, 0.5) is 4.39 Å². The number of guanidine groups is 1. The number of nitrogens with zero attached hydrogens (tertiary/aromatic N) is 2. The minimum atomic E-state index is -0.738. The van der Waals surface area contributed by atoms with E-state index in [9.17, 15) is 9.50 Å². The van der Waals surface area contributed by atoms with E-state index in [1.54, 1.807) is 23.5 Å². The minimum Gasteiger partial charge on any atom is -0.491 e. The first-order chi connectivity index (χ1) is 14.6. The topological polar surface area (TPSA) is 69.1 Å². The quantitative estimate of drug-likeness (QED) is 0.248. The normalized spacial score (nSPS) is 16.4. The van der Waals surface area contributed by atoms with E-state index in [2.05, 4.69) is 37.4 Å². The molecule has 0 aliphatic carbocycles. The van der Waals surface area contributed by atoms with Crippen LogP contribution in [0.2, 0.25) is 0 Å². The van der Waals surface area contributed by atoms with Gasteiger partial charge in [0.25, 0.3) is 0 Å². The SMILES string of the molecule is CCNC(=NCC(O)COc1ccc(F)cc1)NC1CCN(Cc2ccsc2)CC1.I. The van der Waals surface area contributed by atoms with Crippen LogP contribution >= 0.6 is 35.3 Å². The molecule has 1 unspecified atom stereocenters. The van der Waals surface area contributed by atoms with Gasteiger partial charge in [-0.1, -0.05) is 0 Å². The first-order valence-corrected chi connectivity index (χ1v) is 11.4. The van der Waals surface area contributed by atoms with Crippen LogP contribution in [-0.4, -0.2) is 60.9 Å². The highest BCUT2D eigenvalue weighted by Crippen LogP contribution is 2.15. The Hall–Kier alpha value is -1.43. The molecule has 0 radical (unpaired) electrons. The number of aliphatic hydroxyl groups is 1. The summed E-state index contributed by atoms with van der Waals surface area (Å²) in [5.74, 6) is 0.930. The van der Waals surface area contributed by atoms with Crippen LogP contribution in [0.15, 0.2) is 46.1 Å². The number of benzene rings is 1. The van der Waals surface area contributed by atoms with Crippen LogP contribution < -0.4 is 15.4 Å². The lowest BCUT2D eigenvalue weighted by molar-refractivity contribution is 0.114. The van der Waals surface area contributed by atoms with Gasteiger partial charge in [-0.2, -0.15) is 11.3 Å². The van der Waals surface area contributed by atoms with Gasteiger partial charge in [-0.25, -0.2) is 4.39 Å². The van der Waals surface area contributed by atoms with Crippen molar-refractivity contribution in [2.75, 3.05) is 32.8 Å². The molecule has 1 saturated heterocycles. The molecule has 2 aromatic rings. The molecule has 9 heteroatoms. The van der Waals surface area contributed by atoms with E-state index in [-0.39, 0.29) is 42.9 Å². The fourth-order valence-electron chi connectivity index (χ4n) is 3.36. The monoisotopic (exact) mass is 562 g/mol. The number of aliphatic hydroxyl groups excluding tert-OH is 1. The van der Waals surface area contributed by atoms with Crippen LogP contribution in [0.1, 0.15) is 25.3 Å². The number of rotatable bonds is 9. The summed E-state index contributed by atoms with van der Waals surface area (Å²) in [5, 5.41) is 21.3. The molecule has 172 valence electrons. The highest BCUT2D eigenvalue weighted by atomic mass is 127. The summed E-state index contributed by atoms with van der Waals surface area (Å²) < 4.78 is 18.4. The summed E-state index contributed by atoms with van der Waals surface area (Å²) in [5.41, 5.74) is 1.39. The van der Waals surface area contributed by atoms with Crippen molar-refractivity contribution < 1.29 is 14.2 Å². The van der Waals surface area contributed by atoms with Crippen molar-refractivity contribution in [2.24, 2.45) is 4.99 Å². The number of hydrogen-bond acceptors (Lipinski definition) is 5. The van der Waals surface area contributed by atoms with Crippen molar-refractivity contribution in [2.45, 2.75) is 38.5 Å². The van der Waals surface area contributed by atoms with E-state index in [4.69, 9.17) is 4.74 Å². The van der Waals surface area contributed by atoms with Crippen LogP contribution in [0.3, 0.4) is 0 Å². The number of piperidine rings is 1. The molecular formula is C22H32FIN4O2S. The maximum absolute atomic E-state index is 12.9. The third kappa shape index (κ3) is 9.30. The number of thiophene rings is 1. The molecule has 1 atom stereocenters. The molecule has 31 heavy (non-hydrogen) atoms. The van der Waals surface area contributed by atoms with Crippen LogP contribution in [0, 0.1) is 5.82 Å². The van der Waals surface area contributed by atoms with Gasteiger partial charge >= 0.3 is 0 Å². The van der Waals surface area contributed by atoms with E-state index < -0.39 is 6.10 Å². The van der Waals surface area contributed by atoms with Gasteiger partial charge in [0, 0.05) is 32.2 Å². The molecule has 1 aliphatic rings. The molecule has 2 heterocycles. The van der Waals surface area contributed by atoms with E-state index in [0.29, 0.717) is 11.8 Å². The smallest absolute Gasteiger partial charge is 0.191 e. The van der Waals surface area contributed by atoms with Gasteiger partial charge in [-0.15, -0.1) is 24.0 Å². The zero-order valence-electron chi connectivity index (χ0n) is 17.8. The van der Waals surface area contributed by atoms with Gasteiger partial charge in [0.05, 0.1) is 6.54 Å². The molecule has 1 aromatic carbocycles. The molecule has 0 bridgehead atoms. The Balaban J connectivity index is 0.00000341. The Kier molecular flexibility index (Phi) is 11.6. The Morgan fingerprint density at radius 3 is 2.68 bits per heavy atom. The second-order valence-electron chi connectivity index (χ2n) is 7.46. The summed E-state index contributed by atoms with van der Waals surface area (Å²) in [7, 11) is 0. The molecule has 1 aromatic heterocycles. The summed E-state index contributed by atoms with van der Waals surface area (Å²) >= 11 is 1.75. The van der Waals surface area contributed by atoms with Crippen molar-refractivity contribution in [1.82, 2.24) is 15.5 Å². The fraction of sp³-hybridized carbons (Fsp3) is 0.500. The number of hydrogen-bond donors (Lipinski definition) is 3. The Labute approximate surface area is 204 Å². The van der Waals surface area contributed by atoms with E-state index >= 15 is 0 Å². The third-order valence-corrected chi connectivity index (χ3v) is 5.71. The van der Waals surface area contributed by atoms with Crippen LogP contribution in [-0.2, 0) is 6.54 Å². The predicted molar refractivity (Wildman–Crippen MR) is 135 cm³/mol. The lowest BCUT2D eigenvalue weighted by Crippen LogP contribution is -2.48. The minimum absolute atomic E-state index is 0. The van der Waals surface area contributed by atoms with E-state index in [1.807, 2.05) is 6.92 Å². The van der Waals surface area contributed by atoms with Crippen molar-refractivity contribution in [1.29, 1.82) is 0 Å². The summed E-state index contributed by atoms with van der Waals surface area (Å²) in [6.45, 7) is 6.25. The van der Waals surface area contributed by atoms with Crippen molar-refractivity contribution >= 4 is 41.3 Å². The number of nitrogens with one attached hydrogen (secondary N) is 2. The number of ether oxygens (including phenoxy) is 1. The van der Waals surface area contributed by atoms with Crippen LogP contribution in [0.5, 0.6) is 5.75 Å². The highest BCUT2D eigenvalue weighted by Gasteiger charge is 2.20. The van der Waals surface area contributed by atoms with E-state index in [0.717, 1.165) is 45.0 Å². The van der Waals surface area contributed by atoms with Crippen LogP contribution in [0.25, 0.3) is 0 Å². The number of halogens is 2. The Bertz CT molecular complexity index is 768. The van der Waals surface area contributed by atoms with Gasteiger partial charge < -0.3 is 20.5 Å². The predicted octanol–water partition coefficient (Wildman–Crippen LogP) is 3.46. The lowest BCUT2D eigenvalue weighted by atomic mass is 10.0. The third-order valence-electron chi connectivity index (χ3n) is 4.98. The summed E-state index contributed by atoms with van der Waals surface area (Å²) in [6, 6.07) is 8.31. The molecule has 6 nitrogen and oxygen atoms in total. The fourth-order valence-corrected chi connectivity index (χ4v) is 4.02. The van der Waals surface area contributed by atoms with Gasteiger partial charge in [0.15, 0.2) is 5.96 Å². The average Bonchev–Trinajstić information content (AvgIpc) is 3.26. The molecule has 3 rings (SSSR count). The van der Waals surface area contributed by atoms with Crippen molar-refractivity contribution in [3.05, 3.63) is 52.5 Å². The van der Waals surface area contributed by atoms with E-state index in [1.165, 1.54) is 17.7 Å². The largest absolute Gasteiger partial charge is 0.491 e. The zero-order valence-corrected chi connectivity index (χ0v) is 20.9. The molecule has 3 N–H and O–H groups in total. The molecule has 1 aliphatic heterocycles. The molecule has 0 saturated carbocycles. The maximum atomic E-state index is 12.9. The Morgan fingerprint density at radius 2 is 2.03 bits per heavy atom. The Morgan fingerprint density at radius 1 is 1.29 bits per heavy atom. The van der Waals surface area contributed by atoms with Gasteiger partial charge in [0.1, 0.15) is 24.3 Å². The maximum Gasteiger partial charge on any atom is 0.191 e. The first-order valence-electron chi connectivity index (χ1n) is 10.5. The molecule has 1 fully saturated rings. The highest BCUT2D eigenvalue weighted by molar-refractivity contribution is 14.0.